The molecule has 2 aromatic rings. The Kier molecular flexibility index (Phi) is 2.43. The molecule has 1 heterocycles. The summed E-state index contributed by atoms with van der Waals surface area (Å²) in [5.41, 5.74) is 7.58. The topological polar surface area (TPSA) is 54.7 Å². The van der Waals surface area contributed by atoms with Crippen LogP contribution in [0.3, 0.4) is 0 Å². The van der Waals surface area contributed by atoms with Gasteiger partial charge < -0.3 is 10.7 Å². The summed E-state index contributed by atoms with van der Waals surface area (Å²) in [5, 5.41) is 1.23. The zero-order valence-electron chi connectivity index (χ0n) is 9.00. The normalized spacial score (nSPS) is 17.1. The zero-order chi connectivity index (χ0) is 12.0. The van der Waals surface area contributed by atoms with Gasteiger partial charge in [0.05, 0.1) is 22.5 Å². The van der Waals surface area contributed by atoms with Crippen LogP contribution in [0.25, 0.3) is 11.3 Å². The van der Waals surface area contributed by atoms with Gasteiger partial charge >= 0.3 is 0 Å². The third kappa shape index (κ3) is 1.95. The average molecular weight is 268 g/mol. The molecule has 0 atom stereocenters. The number of benzene rings is 1. The Morgan fingerprint density at radius 3 is 2.71 bits per heavy atom. The summed E-state index contributed by atoms with van der Waals surface area (Å²) in [4.78, 5) is 7.55. The van der Waals surface area contributed by atoms with E-state index in [2.05, 4.69) is 9.97 Å². The van der Waals surface area contributed by atoms with Gasteiger partial charge in [0.25, 0.3) is 0 Å². The number of nitrogens with zero attached hydrogens (tertiary/aromatic N) is 1. The van der Waals surface area contributed by atoms with Crippen LogP contribution in [-0.2, 0) is 5.54 Å². The standard InChI is InChI=1S/C12H11Cl2N3/c13-7-1-2-8(9(14)5-7)10-6-16-11(17-10)12(15)3-4-12/h1-2,5-6H,3-4,15H2,(H,16,17). The fraction of sp³-hybridized carbons (Fsp3) is 0.250. The Bertz CT molecular complexity index is 573. The number of aromatic nitrogens is 2. The van der Waals surface area contributed by atoms with Crippen molar-refractivity contribution in [3.8, 4) is 11.3 Å². The smallest absolute Gasteiger partial charge is 0.126 e. The second kappa shape index (κ2) is 3.73. The van der Waals surface area contributed by atoms with Crippen molar-refractivity contribution in [1.82, 2.24) is 9.97 Å². The summed E-state index contributed by atoms with van der Waals surface area (Å²) in [6, 6.07) is 5.39. The lowest BCUT2D eigenvalue weighted by atomic mass is 10.2. The first-order valence-corrected chi connectivity index (χ1v) is 6.14. The molecule has 1 aromatic carbocycles. The van der Waals surface area contributed by atoms with Crippen LogP contribution in [0.1, 0.15) is 18.7 Å². The van der Waals surface area contributed by atoms with Crippen LogP contribution in [0.5, 0.6) is 0 Å². The van der Waals surface area contributed by atoms with Gasteiger partial charge in [-0.15, -0.1) is 0 Å². The molecule has 1 aromatic heterocycles. The Labute approximate surface area is 109 Å². The predicted octanol–water partition coefficient (Wildman–Crippen LogP) is 3.33. The zero-order valence-corrected chi connectivity index (χ0v) is 10.5. The van der Waals surface area contributed by atoms with Gasteiger partial charge in [0.1, 0.15) is 5.82 Å². The van der Waals surface area contributed by atoms with E-state index in [1.165, 1.54) is 0 Å². The van der Waals surface area contributed by atoms with E-state index in [1.54, 1.807) is 18.3 Å². The number of halogens is 2. The number of H-pyrrole nitrogens is 1. The predicted molar refractivity (Wildman–Crippen MR) is 69.1 cm³/mol. The molecule has 3 rings (SSSR count). The molecule has 0 aliphatic heterocycles. The molecule has 17 heavy (non-hydrogen) atoms. The summed E-state index contributed by atoms with van der Waals surface area (Å²) in [5.74, 6) is 0.832. The summed E-state index contributed by atoms with van der Waals surface area (Å²) in [7, 11) is 0. The minimum atomic E-state index is -0.253. The molecule has 3 N–H and O–H groups in total. The largest absolute Gasteiger partial charge is 0.340 e. The van der Waals surface area contributed by atoms with Gasteiger partial charge in [0.15, 0.2) is 0 Å². The maximum absolute atomic E-state index is 6.14. The first-order chi connectivity index (χ1) is 8.08. The molecule has 1 aliphatic carbocycles. The maximum atomic E-state index is 6.14. The maximum Gasteiger partial charge on any atom is 0.126 e. The van der Waals surface area contributed by atoms with Gasteiger partial charge in [0, 0.05) is 10.6 Å². The molecular weight excluding hydrogens is 257 g/mol. The molecule has 0 saturated heterocycles. The van der Waals surface area contributed by atoms with Crippen LogP contribution in [0.4, 0.5) is 0 Å². The van der Waals surface area contributed by atoms with E-state index >= 15 is 0 Å². The highest BCUT2D eigenvalue weighted by molar-refractivity contribution is 6.36. The molecule has 0 radical (unpaired) electrons. The summed E-state index contributed by atoms with van der Waals surface area (Å²) >= 11 is 12.0. The molecule has 1 aliphatic rings. The summed E-state index contributed by atoms with van der Waals surface area (Å²) < 4.78 is 0. The van der Waals surface area contributed by atoms with Crippen molar-refractivity contribution in [2.24, 2.45) is 5.73 Å². The number of hydrogen-bond donors (Lipinski definition) is 2. The lowest BCUT2D eigenvalue weighted by Gasteiger charge is -2.04. The number of nitrogens with one attached hydrogen (secondary N) is 1. The first kappa shape index (κ1) is 11.1. The van der Waals surface area contributed by atoms with Crippen molar-refractivity contribution in [2.45, 2.75) is 18.4 Å². The van der Waals surface area contributed by atoms with E-state index < -0.39 is 0 Å². The highest BCUT2D eigenvalue weighted by Crippen LogP contribution is 2.41. The highest BCUT2D eigenvalue weighted by atomic mass is 35.5. The summed E-state index contributed by atoms with van der Waals surface area (Å²) in [6.45, 7) is 0. The van der Waals surface area contributed by atoms with Gasteiger partial charge in [-0.2, -0.15) is 0 Å². The first-order valence-electron chi connectivity index (χ1n) is 5.38. The Morgan fingerprint density at radius 1 is 1.29 bits per heavy atom. The van der Waals surface area contributed by atoms with E-state index in [9.17, 15) is 0 Å². The van der Waals surface area contributed by atoms with Crippen molar-refractivity contribution in [3.05, 3.63) is 40.3 Å². The Morgan fingerprint density at radius 2 is 2.06 bits per heavy atom. The third-order valence-electron chi connectivity index (χ3n) is 3.06. The van der Waals surface area contributed by atoms with E-state index in [0.29, 0.717) is 10.0 Å². The molecule has 0 unspecified atom stereocenters. The molecule has 0 spiro atoms. The van der Waals surface area contributed by atoms with Gasteiger partial charge in [-0.1, -0.05) is 23.2 Å². The molecular formula is C12H11Cl2N3. The highest BCUT2D eigenvalue weighted by Gasteiger charge is 2.42. The second-order valence-corrected chi connectivity index (χ2v) is 5.27. The van der Waals surface area contributed by atoms with Crippen LogP contribution in [-0.4, -0.2) is 9.97 Å². The molecule has 1 fully saturated rings. The minimum Gasteiger partial charge on any atom is -0.340 e. The molecule has 0 bridgehead atoms. The number of nitrogens with two attached hydrogens (primary N) is 1. The third-order valence-corrected chi connectivity index (χ3v) is 3.61. The SMILES string of the molecule is NC1(c2ncc(-c3ccc(Cl)cc3Cl)[nH]2)CC1. The fourth-order valence-electron chi connectivity index (χ4n) is 1.79. The van der Waals surface area contributed by atoms with Crippen molar-refractivity contribution < 1.29 is 0 Å². The number of aromatic amines is 1. The lowest BCUT2D eigenvalue weighted by molar-refractivity contribution is 0.685. The van der Waals surface area contributed by atoms with E-state index in [4.69, 9.17) is 28.9 Å². The number of imidazole rings is 1. The van der Waals surface area contributed by atoms with Crippen molar-refractivity contribution >= 4 is 23.2 Å². The lowest BCUT2D eigenvalue weighted by Crippen LogP contribution is -2.20. The molecule has 88 valence electrons. The van der Waals surface area contributed by atoms with Crippen molar-refractivity contribution in [3.63, 3.8) is 0 Å². The fourth-order valence-corrected chi connectivity index (χ4v) is 2.30. The van der Waals surface area contributed by atoms with E-state index in [0.717, 1.165) is 29.9 Å². The van der Waals surface area contributed by atoms with Crippen LogP contribution in [0.15, 0.2) is 24.4 Å². The van der Waals surface area contributed by atoms with Gasteiger partial charge in [0.2, 0.25) is 0 Å². The van der Waals surface area contributed by atoms with E-state index in [-0.39, 0.29) is 5.54 Å². The minimum absolute atomic E-state index is 0.253. The average Bonchev–Trinajstić information content (AvgIpc) is 2.85. The van der Waals surface area contributed by atoms with Gasteiger partial charge in [-0.3, -0.25) is 0 Å². The molecule has 0 amide bonds. The van der Waals surface area contributed by atoms with Crippen LogP contribution in [0.2, 0.25) is 10.0 Å². The molecule has 1 saturated carbocycles. The van der Waals surface area contributed by atoms with E-state index in [1.807, 2.05) is 6.07 Å². The van der Waals surface area contributed by atoms with Crippen molar-refractivity contribution in [1.29, 1.82) is 0 Å². The quantitative estimate of drug-likeness (QED) is 0.877. The number of hydrogen-bond acceptors (Lipinski definition) is 2. The second-order valence-electron chi connectivity index (χ2n) is 4.43. The Balaban J connectivity index is 2.01. The Hall–Kier alpha value is -1.03. The van der Waals surface area contributed by atoms with Crippen molar-refractivity contribution in [2.75, 3.05) is 0 Å². The summed E-state index contributed by atoms with van der Waals surface area (Å²) in [6.07, 6.45) is 3.72. The molecule has 5 heteroatoms. The van der Waals surface area contributed by atoms with Crippen LogP contribution in [0, 0.1) is 0 Å². The van der Waals surface area contributed by atoms with Gasteiger partial charge in [-0.05, 0) is 31.0 Å². The van der Waals surface area contributed by atoms with Crippen LogP contribution >= 0.6 is 23.2 Å². The monoisotopic (exact) mass is 267 g/mol. The number of rotatable bonds is 2. The molecule has 3 nitrogen and oxygen atoms in total. The van der Waals surface area contributed by atoms with Gasteiger partial charge in [-0.25, -0.2) is 4.98 Å². The van der Waals surface area contributed by atoms with Crippen LogP contribution < -0.4 is 5.73 Å².